The molecule has 146 valence electrons. The normalized spacial score (nSPS) is 14.0. The first kappa shape index (κ1) is 14.8. The molecule has 29 heavy (non-hydrogen) atoms. The summed E-state index contributed by atoms with van der Waals surface area (Å²) in [6.07, 6.45) is -1.83. The molecule has 0 amide bonds. The average Bonchev–Trinajstić information content (AvgIpc) is 3.12. The Bertz CT molecular complexity index is 1490. The molecule has 0 fully saturated rings. The molecule has 2 aromatic heterocycles. The van der Waals surface area contributed by atoms with E-state index in [2.05, 4.69) is 4.85 Å². The van der Waals surface area contributed by atoms with Gasteiger partial charge in [0.05, 0.1) is 14.9 Å². The van der Waals surface area contributed by atoms with Gasteiger partial charge in [-0.25, -0.2) is 4.85 Å². The third-order valence-electron chi connectivity index (χ3n) is 5.32. The van der Waals surface area contributed by atoms with Gasteiger partial charge in [0.15, 0.2) is 11.4 Å². The van der Waals surface area contributed by atoms with E-state index in [4.69, 9.17) is 16.5 Å². The summed E-state index contributed by atoms with van der Waals surface area (Å²) in [5, 5.41) is 1.82. The summed E-state index contributed by atoms with van der Waals surface area (Å²) in [4.78, 5) is 3.55. The highest BCUT2D eigenvalue weighted by molar-refractivity contribution is 6.11. The van der Waals surface area contributed by atoms with Crippen LogP contribution in [0.25, 0.3) is 38.0 Å². The molecule has 0 aliphatic carbocycles. The van der Waals surface area contributed by atoms with E-state index >= 15 is 0 Å². The van der Waals surface area contributed by atoms with Crippen molar-refractivity contribution in [3.05, 3.63) is 70.2 Å². The molecule has 0 saturated carbocycles. The van der Waals surface area contributed by atoms with Crippen LogP contribution in [0.2, 0.25) is 0 Å². The number of aryl methyl sites for hydroxylation is 2. The summed E-state index contributed by atoms with van der Waals surface area (Å²) in [6.45, 7) is 16.6. The molecule has 0 N–H and O–H groups in total. The second-order valence-electron chi connectivity index (χ2n) is 7.90. The van der Waals surface area contributed by atoms with E-state index in [0.717, 1.165) is 21.9 Å². The Hall–Kier alpha value is -3.12. The maximum absolute atomic E-state index is 9.06. The van der Waals surface area contributed by atoms with Crippen molar-refractivity contribution in [2.45, 2.75) is 41.0 Å². The number of aromatic nitrogens is 1. The zero-order valence-corrected chi connectivity index (χ0v) is 17.7. The van der Waals surface area contributed by atoms with Crippen molar-refractivity contribution in [2.24, 2.45) is 13.0 Å². The molecule has 0 spiro atoms. The SMILES string of the molecule is [2H]c1c(C([2H])([2H])C(C)C)c([2H])c(-c2c(C)ccc3c2oc2cc([N+]#[C-])cc(C)c23)[n+](C)c1C. The lowest BCUT2D eigenvalue weighted by Gasteiger charge is -2.11. The van der Waals surface area contributed by atoms with Crippen molar-refractivity contribution in [3.8, 4) is 11.3 Å². The van der Waals surface area contributed by atoms with Crippen LogP contribution in [0.4, 0.5) is 5.69 Å². The first-order valence-electron chi connectivity index (χ1n) is 11.8. The highest BCUT2D eigenvalue weighted by Gasteiger charge is 2.23. The predicted octanol–water partition coefficient (Wildman–Crippen LogP) is 6.75. The third kappa shape index (κ3) is 3.19. The molecule has 3 heteroatoms. The second-order valence-corrected chi connectivity index (χ2v) is 7.90. The van der Waals surface area contributed by atoms with Crippen LogP contribution in [0.15, 0.2) is 40.8 Å². The van der Waals surface area contributed by atoms with Crippen LogP contribution in [0, 0.1) is 33.3 Å². The number of rotatable bonds is 3. The van der Waals surface area contributed by atoms with Crippen LogP contribution >= 0.6 is 0 Å². The molecule has 2 aromatic carbocycles. The summed E-state index contributed by atoms with van der Waals surface area (Å²) in [6, 6.07) is 7.60. The Labute approximate surface area is 178 Å². The van der Waals surface area contributed by atoms with Gasteiger partial charge in [-0.1, -0.05) is 32.0 Å². The van der Waals surface area contributed by atoms with Gasteiger partial charge in [0.25, 0.3) is 0 Å². The van der Waals surface area contributed by atoms with Crippen LogP contribution in [-0.4, -0.2) is 0 Å². The van der Waals surface area contributed by atoms with E-state index in [9.17, 15) is 0 Å². The topological polar surface area (TPSA) is 21.4 Å². The molecule has 4 rings (SSSR count). The van der Waals surface area contributed by atoms with E-state index in [1.54, 1.807) is 38.5 Å². The average molecular weight is 388 g/mol. The van der Waals surface area contributed by atoms with E-state index in [1.165, 1.54) is 0 Å². The van der Waals surface area contributed by atoms with Crippen LogP contribution in [0.5, 0.6) is 0 Å². The Morgan fingerprint density at radius 3 is 2.62 bits per heavy atom. The van der Waals surface area contributed by atoms with Gasteiger partial charge in [0.2, 0.25) is 5.69 Å². The predicted molar refractivity (Wildman–Crippen MR) is 119 cm³/mol. The number of furan rings is 1. The first-order chi connectivity index (χ1) is 15.4. The molecule has 0 unspecified atom stereocenters. The van der Waals surface area contributed by atoms with Crippen molar-refractivity contribution in [2.75, 3.05) is 0 Å². The number of pyridine rings is 1. The third-order valence-corrected chi connectivity index (χ3v) is 5.32. The fourth-order valence-electron chi connectivity index (χ4n) is 3.87. The number of fused-ring (bicyclic) bond motifs is 3. The number of hydrogen-bond donors (Lipinski definition) is 0. The molecule has 0 bridgehead atoms. The van der Waals surface area contributed by atoms with Crippen molar-refractivity contribution >= 4 is 27.6 Å². The number of benzene rings is 2. The van der Waals surface area contributed by atoms with Crippen molar-refractivity contribution < 1.29 is 14.5 Å². The largest absolute Gasteiger partial charge is 0.456 e. The quantitative estimate of drug-likeness (QED) is 0.281. The van der Waals surface area contributed by atoms with Crippen LogP contribution in [0.3, 0.4) is 0 Å². The number of hydrogen-bond acceptors (Lipinski definition) is 1. The minimum absolute atomic E-state index is 0.00132. The van der Waals surface area contributed by atoms with E-state index in [1.807, 2.05) is 32.0 Å². The minimum Gasteiger partial charge on any atom is -0.456 e. The van der Waals surface area contributed by atoms with Gasteiger partial charge in [0.1, 0.15) is 18.2 Å². The Morgan fingerprint density at radius 2 is 1.93 bits per heavy atom. The molecule has 4 aromatic rings. The lowest BCUT2D eigenvalue weighted by molar-refractivity contribution is -0.666. The molecule has 0 aliphatic rings. The summed E-state index contributed by atoms with van der Waals surface area (Å²) in [7, 11) is 1.80. The molecule has 3 nitrogen and oxygen atoms in total. The standard InChI is InChI=1S/C26H27N2O/c1-15(2)10-19-12-18(5)28(7)22(13-19)25-16(3)8-9-21-24-17(4)11-20(27-6)14-23(24)29-26(21)25/h8-9,11-15H,10H2,1-5,7H3/q+1/i10D2,12D,13D. The van der Waals surface area contributed by atoms with Gasteiger partial charge < -0.3 is 4.42 Å². The molecular weight excluding hydrogens is 356 g/mol. The van der Waals surface area contributed by atoms with Crippen LogP contribution in [-0.2, 0) is 13.4 Å². The summed E-state index contributed by atoms with van der Waals surface area (Å²) < 4.78 is 43.1. The highest BCUT2D eigenvalue weighted by atomic mass is 16.3. The minimum atomic E-state index is -1.83. The Balaban J connectivity index is 2.19. The molecule has 2 heterocycles. The fraction of sp³-hybridized carbons (Fsp3) is 0.308. The lowest BCUT2D eigenvalue weighted by Crippen LogP contribution is -2.35. The maximum atomic E-state index is 9.06. The summed E-state index contributed by atoms with van der Waals surface area (Å²) >= 11 is 0. The van der Waals surface area contributed by atoms with Crippen molar-refractivity contribution in [1.82, 2.24) is 0 Å². The highest BCUT2D eigenvalue weighted by Crippen LogP contribution is 2.40. The van der Waals surface area contributed by atoms with Gasteiger partial charge in [-0.3, -0.25) is 0 Å². The van der Waals surface area contributed by atoms with E-state index < -0.39 is 12.3 Å². The van der Waals surface area contributed by atoms with Crippen molar-refractivity contribution in [3.63, 3.8) is 0 Å². The maximum Gasteiger partial charge on any atom is 0.216 e. The fourth-order valence-corrected chi connectivity index (χ4v) is 3.87. The van der Waals surface area contributed by atoms with Gasteiger partial charge in [-0.05, 0) is 48.9 Å². The van der Waals surface area contributed by atoms with Gasteiger partial charge in [-0.15, -0.1) is 0 Å². The first-order valence-corrected chi connectivity index (χ1v) is 9.76. The second kappa shape index (κ2) is 7.04. The van der Waals surface area contributed by atoms with Gasteiger partial charge in [-0.2, -0.15) is 4.57 Å². The van der Waals surface area contributed by atoms with Gasteiger partial charge in [0, 0.05) is 32.5 Å². The molecule has 0 radical (unpaired) electrons. The number of nitrogens with zero attached hydrogens (tertiary/aromatic N) is 2. The zero-order valence-electron chi connectivity index (χ0n) is 21.7. The summed E-state index contributed by atoms with van der Waals surface area (Å²) in [5.41, 5.74) is 5.47. The van der Waals surface area contributed by atoms with E-state index in [-0.39, 0.29) is 17.6 Å². The summed E-state index contributed by atoms with van der Waals surface area (Å²) in [5.74, 6) is -0.400. The molecule has 0 saturated heterocycles. The Kier molecular flexibility index (Phi) is 3.60. The monoisotopic (exact) mass is 387 g/mol. The molecular formula is C26H27N2O+. The van der Waals surface area contributed by atoms with Crippen molar-refractivity contribution in [1.29, 1.82) is 0 Å². The van der Waals surface area contributed by atoms with Crippen LogP contribution in [0.1, 0.15) is 41.7 Å². The Morgan fingerprint density at radius 1 is 1.17 bits per heavy atom. The zero-order chi connectivity index (χ0) is 24.4. The smallest absolute Gasteiger partial charge is 0.216 e. The van der Waals surface area contributed by atoms with Crippen LogP contribution < -0.4 is 4.57 Å². The molecule has 0 aliphatic heterocycles. The molecule has 0 atom stereocenters. The lowest BCUT2D eigenvalue weighted by atomic mass is 9.96. The van der Waals surface area contributed by atoms with Gasteiger partial charge >= 0.3 is 0 Å². The van der Waals surface area contributed by atoms with E-state index in [0.29, 0.717) is 33.8 Å².